The summed E-state index contributed by atoms with van der Waals surface area (Å²) in [4.78, 5) is 87.2. The van der Waals surface area contributed by atoms with E-state index in [-0.39, 0.29) is 137 Å². The lowest BCUT2D eigenvalue weighted by Gasteiger charge is -2.27. The Balaban J connectivity index is 1.60. The number of nitrogens with zero attached hydrogens (tertiary/aromatic N) is 1. The zero-order valence-corrected chi connectivity index (χ0v) is 37.9. The maximum absolute atomic E-state index is 13.8. The van der Waals surface area contributed by atoms with Crippen molar-refractivity contribution < 1.29 is 87.5 Å². The molecule has 0 radical (unpaired) electrons. The van der Waals surface area contributed by atoms with E-state index in [1.54, 1.807) is 4.90 Å². The summed E-state index contributed by atoms with van der Waals surface area (Å²) in [5, 5.41) is 53.0. The average molecular weight is 961 g/mol. The number of hydrogen-bond acceptors (Lipinski definition) is 15. The van der Waals surface area contributed by atoms with Crippen LogP contribution in [0.15, 0.2) is 48.5 Å². The lowest BCUT2D eigenvalue weighted by molar-refractivity contribution is -0.139. The number of hydrogen-bond donors (Lipinski definition) is 8. The molecule has 1 aliphatic heterocycles. The van der Waals surface area contributed by atoms with E-state index < -0.39 is 60.0 Å². The Labute approximate surface area is 393 Å². The Morgan fingerprint density at radius 1 is 0.485 bits per heavy atom. The lowest BCUT2D eigenvalue weighted by atomic mass is 10.0. The Kier molecular flexibility index (Phi) is 27.2. The number of carbonyl (C=O) groups is 7. The van der Waals surface area contributed by atoms with E-state index in [9.17, 15) is 33.6 Å². The predicted molar refractivity (Wildman–Crippen MR) is 242 cm³/mol. The van der Waals surface area contributed by atoms with Gasteiger partial charge in [0.1, 0.15) is 0 Å². The van der Waals surface area contributed by atoms with Gasteiger partial charge in [0, 0.05) is 32.1 Å². The van der Waals surface area contributed by atoms with E-state index in [0.717, 1.165) is 16.7 Å². The van der Waals surface area contributed by atoms with Gasteiger partial charge in [0.15, 0.2) is 6.29 Å². The van der Waals surface area contributed by atoms with Crippen molar-refractivity contribution in [3.8, 4) is 0 Å². The van der Waals surface area contributed by atoms with Crippen molar-refractivity contribution in [1.29, 1.82) is 0 Å². The molecular weight excluding hydrogens is 897 g/mol. The maximum Gasteiger partial charge on any atom is 0.305 e. The monoisotopic (exact) mass is 960 g/mol. The first-order chi connectivity index (χ1) is 32.7. The number of carboxylic acids is 3. The van der Waals surface area contributed by atoms with Crippen LogP contribution in [0.25, 0.3) is 12.2 Å². The number of carbonyl (C=O) groups excluding carboxylic acids is 4. The second-order valence-electron chi connectivity index (χ2n) is 15.5. The molecule has 0 spiro atoms. The molecule has 8 N–H and O–H groups in total. The Morgan fingerprint density at radius 2 is 0.868 bits per heavy atom. The van der Waals surface area contributed by atoms with Crippen molar-refractivity contribution in [2.24, 2.45) is 0 Å². The van der Waals surface area contributed by atoms with E-state index in [1.807, 2.05) is 60.7 Å². The quantitative estimate of drug-likeness (QED) is 0.0348. The molecule has 22 heteroatoms. The van der Waals surface area contributed by atoms with Crippen LogP contribution < -0.4 is 20.9 Å². The first-order valence-electron chi connectivity index (χ1n) is 22.2. The number of aliphatic carboxylic acids is 3. The van der Waals surface area contributed by atoms with Crippen molar-refractivity contribution in [3.63, 3.8) is 0 Å². The summed E-state index contributed by atoms with van der Waals surface area (Å²) in [5.74, 6) is -4.91. The first kappa shape index (κ1) is 56.5. The minimum Gasteiger partial charge on any atom is -0.481 e. The fourth-order valence-corrected chi connectivity index (χ4v) is 6.37. The van der Waals surface area contributed by atoms with Gasteiger partial charge in [-0.05, 0) is 22.8 Å². The van der Waals surface area contributed by atoms with E-state index in [1.165, 1.54) is 0 Å². The third-order valence-electron chi connectivity index (χ3n) is 9.78. The molecule has 0 bridgehead atoms. The van der Waals surface area contributed by atoms with Crippen LogP contribution in [0.4, 0.5) is 5.69 Å². The Hall–Kier alpha value is -5.85. The van der Waals surface area contributed by atoms with Gasteiger partial charge in [-0.15, -0.1) is 0 Å². The molecule has 22 nitrogen and oxygen atoms in total. The highest BCUT2D eigenvalue weighted by atomic mass is 16.5. The molecule has 2 unspecified atom stereocenters. The van der Waals surface area contributed by atoms with Crippen molar-refractivity contribution in [3.05, 3.63) is 65.2 Å². The fourth-order valence-electron chi connectivity index (χ4n) is 6.37. The number of ether oxygens (including phenoxy) is 6. The van der Waals surface area contributed by atoms with E-state index in [2.05, 4.69) is 16.0 Å². The number of nitrogens with one attached hydrogen (secondary N) is 3. The van der Waals surface area contributed by atoms with E-state index in [0.29, 0.717) is 12.2 Å². The van der Waals surface area contributed by atoms with Gasteiger partial charge in [-0.1, -0.05) is 54.6 Å². The molecule has 1 aliphatic rings. The van der Waals surface area contributed by atoms with Crippen LogP contribution in [-0.2, 0) is 68.5 Å². The molecule has 0 saturated heterocycles. The number of aliphatic hydroxyl groups is 2. The van der Waals surface area contributed by atoms with Crippen LogP contribution in [0, 0.1) is 0 Å². The SMILES string of the molecule is O=C(O)CCOCC(COCCC(=O)O)NC(=O)CCOCC(COCCC(=O)NC(COCCC(=O)O)COCCC(O)O)NC(=O)CCC(=O)N1Cc2ccccc2/C=C\c2ccccc21. The van der Waals surface area contributed by atoms with Gasteiger partial charge < -0.3 is 74.8 Å². The summed E-state index contributed by atoms with van der Waals surface area (Å²) < 4.78 is 33.0. The van der Waals surface area contributed by atoms with E-state index in [4.69, 9.17) is 54.0 Å². The van der Waals surface area contributed by atoms with Crippen LogP contribution in [0.2, 0.25) is 0 Å². The maximum atomic E-state index is 13.8. The number of carboxylic acid groups (broad SMARTS) is 3. The lowest BCUT2D eigenvalue weighted by Crippen LogP contribution is -2.44. The van der Waals surface area contributed by atoms with Crippen LogP contribution in [0.5, 0.6) is 0 Å². The van der Waals surface area contributed by atoms with Gasteiger partial charge in [0.05, 0.1) is 129 Å². The number of anilines is 1. The van der Waals surface area contributed by atoms with Gasteiger partial charge in [0.2, 0.25) is 23.6 Å². The summed E-state index contributed by atoms with van der Waals surface area (Å²) in [7, 11) is 0. The first-order valence-corrected chi connectivity index (χ1v) is 22.2. The van der Waals surface area contributed by atoms with Crippen LogP contribution >= 0.6 is 0 Å². The van der Waals surface area contributed by atoms with Crippen molar-refractivity contribution in [2.75, 3.05) is 84.2 Å². The van der Waals surface area contributed by atoms with Crippen LogP contribution in [0.1, 0.15) is 68.1 Å². The van der Waals surface area contributed by atoms with Gasteiger partial charge in [-0.2, -0.15) is 0 Å². The molecule has 68 heavy (non-hydrogen) atoms. The zero-order chi connectivity index (χ0) is 49.5. The summed E-state index contributed by atoms with van der Waals surface area (Å²) in [5.41, 5.74) is 3.44. The highest BCUT2D eigenvalue weighted by Crippen LogP contribution is 2.29. The fraction of sp³-hybridized carbons (Fsp3) is 0.543. The molecule has 0 fully saturated rings. The second-order valence-corrected chi connectivity index (χ2v) is 15.5. The summed E-state index contributed by atoms with van der Waals surface area (Å²) in [6.45, 7) is -0.931. The van der Waals surface area contributed by atoms with Crippen molar-refractivity contribution in [2.45, 2.75) is 82.3 Å². The minimum atomic E-state index is -1.58. The average Bonchev–Trinajstić information content (AvgIpc) is 3.28. The molecule has 4 amide bonds. The highest BCUT2D eigenvalue weighted by molar-refractivity contribution is 5.98. The number of benzene rings is 2. The molecule has 3 rings (SSSR count). The van der Waals surface area contributed by atoms with Crippen molar-refractivity contribution in [1.82, 2.24) is 16.0 Å². The molecule has 0 saturated carbocycles. The summed E-state index contributed by atoms with van der Waals surface area (Å²) in [6.07, 6.45) is 0.896. The van der Waals surface area contributed by atoms with Crippen LogP contribution in [-0.4, -0.2) is 171 Å². The molecule has 0 aromatic heterocycles. The molecule has 1 heterocycles. The van der Waals surface area contributed by atoms with Gasteiger partial charge in [-0.3, -0.25) is 33.6 Å². The predicted octanol–water partition coefficient (Wildman–Crippen LogP) is 0.943. The molecule has 2 atom stereocenters. The third kappa shape index (κ3) is 24.8. The zero-order valence-electron chi connectivity index (χ0n) is 37.9. The van der Waals surface area contributed by atoms with Gasteiger partial charge in [0.25, 0.3) is 0 Å². The van der Waals surface area contributed by atoms with Gasteiger partial charge in [-0.25, -0.2) is 0 Å². The van der Waals surface area contributed by atoms with Crippen molar-refractivity contribution >= 4 is 59.4 Å². The number of fused-ring (bicyclic) bond motifs is 2. The largest absolute Gasteiger partial charge is 0.481 e. The molecule has 376 valence electrons. The number of rotatable bonds is 36. The summed E-state index contributed by atoms with van der Waals surface area (Å²) in [6, 6.07) is 13.0. The molecular formula is C46H64N4O18. The Morgan fingerprint density at radius 3 is 1.32 bits per heavy atom. The van der Waals surface area contributed by atoms with E-state index >= 15 is 0 Å². The smallest absolute Gasteiger partial charge is 0.305 e. The number of para-hydroxylation sites is 1. The standard InChI is InChI=1S/C46H64N4O18/c51-39(11-12-42(54)50-25-34-7-2-1-5-32(34)9-10-33-6-3-4-8-38(33)50)47-35(26-63-19-13-40(52)48-36(28-65-21-15-43(55)56)29-66-22-16-44(57)58)27-64-20-14-41(53)49-37(30-67-23-17-45(59)60)31-68-24-18-46(61)62/h1-10,35-37,43,55-56H,11-31H2,(H,47,51)(H,48,52)(H,49,53)(H,57,58)(H,59,60)(H,61,62)/b10-9-. The van der Waals surface area contributed by atoms with Crippen LogP contribution in [0.3, 0.4) is 0 Å². The molecule has 0 aliphatic carbocycles. The number of aliphatic hydroxyl groups excluding tert-OH is 1. The molecule has 2 aromatic rings. The topological polar surface area (TPSA) is 315 Å². The minimum absolute atomic E-state index is 0.0224. The number of amides is 4. The molecule has 2 aromatic carbocycles. The second kappa shape index (κ2) is 32.8. The third-order valence-corrected chi connectivity index (χ3v) is 9.78. The van der Waals surface area contributed by atoms with Gasteiger partial charge >= 0.3 is 17.9 Å². The Bertz CT molecular complexity index is 1910. The summed E-state index contributed by atoms with van der Waals surface area (Å²) >= 11 is 0. The normalized spacial score (nSPS) is 13.4. The highest BCUT2D eigenvalue weighted by Gasteiger charge is 2.23.